The van der Waals surface area contributed by atoms with Crippen LogP contribution in [0.1, 0.15) is 16.7 Å². The van der Waals surface area contributed by atoms with Crippen LogP contribution in [0.4, 0.5) is 0 Å². The van der Waals surface area contributed by atoms with Crippen LogP contribution < -0.4 is 4.74 Å². The van der Waals surface area contributed by atoms with E-state index in [1.807, 2.05) is 36.4 Å². The van der Waals surface area contributed by atoms with Crippen LogP contribution in [0.3, 0.4) is 0 Å². The molecule has 0 atom stereocenters. The minimum atomic E-state index is -3.25. The molecule has 0 amide bonds. The number of ether oxygens (including phenoxy) is 1. The van der Waals surface area contributed by atoms with Crippen LogP contribution in [0.25, 0.3) is 22.3 Å². The van der Waals surface area contributed by atoms with E-state index in [9.17, 15) is 8.42 Å². The van der Waals surface area contributed by atoms with E-state index in [2.05, 4.69) is 12.1 Å². The minimum absolute atomic E-state index is 0.291. The van der Waals surface area contributed by atoms with Crippen LogP contribution in [0.2, 0.25) is 0 Å². The lowest BCUT2D eigenvalue weighted by Crippen LogP contribution is -2.09. The number of rotatable bonds is 3. The van der Waals surface area contributed by atoms with Crippen molar-refractivity contribution in [1.82, 2.24) is 0 Å². The molecule has 0 N–H and O–H groups in total. The summed E-state index contributed by atoms with van der Waals surface area (Å²) >= 11 is 0. The molecule has 29 heavy (non-hydrogen) atoms. The van der Waals surface area contributed by atoms with Gasteiger partial charge in [-0.2, -0.15) is 0 Å². The molecule has 144 valence electrons. The molecule has 0 unspecified atom stereocenters. The molecular formula is C24H18O4S. The molecule has 2 heterocycles. The summed E-state index contributed by atoms with van der Waals surface area (Å²) in [6, 6.07) is 22.9. The molecule has 0 spiro atoms. The Morgan fingerprint density at radius 2 is 1.62 bits per heavy atom. The number of allylic oxidation sites excluding steroid dienone is 1. The molecule has 1 aromatic heterocycles. The van der Waals surface area contributed by atoms with E-state index < -0.39 is 9.84 Å². The lowest BCUT2D eigenvalue weighted by molar-refractivity contribution is 0.502. The highest BCUT2D eigenvalue weighted by Gasteiger charge is 2.23. The average Bonchev–Trinajstić information content (AvgIpc) is 3.20. The molecule has 0 aliphatic carbocycles. The summed E-state index contributed by atoms with van der Waals surface area (Å²) in [5.41, 5.74) is 4.90. The molecule has 5 heteroatoms. The first kappa shape index (κ1) is 17.8. The van der Waals surface area contributed by atoms with Gasteiger partial charge in [-0.1, -0.05) is 24.3 Å². The predicted molar refractivity (Wildman–Crippen MR) is 113 cm³/mol. The quantitative estimate of drug-likeness (QED) is 0.464. The Bertz CT molecular complexity index is 1360. The Morgan fingerprint density at radius 3 is 2.41 bits per heavy atom. The molecular weight excluding hydrogens is 384 g/mol. The van der Waals surface area contributed by atoms with E-state index in [0.717, 1.165) is 51.2 Å². The third-order valence-corrected chi connectivity index (χ3v) is 6.30. The number of hydrogen-bond acceptors (Lipinski definition) is 4. The molecule has 4 aromatic rings. The Labute approximate surface area is 169 Å². The predicted octanol–water partition coefficient (Wildman–Crippen LogP) is 5.34. The van der Waals surface area contributed by atoms with Gasteiger partial charge >= 0.3 is 0 Å². The zero-order valence-electron chi connectivity index (χ0n) is 15.8. The van der Waals surface area contributed by atoms with Crippen LogP contribution in [0.5, 0.6) is 5.75 Å². The fourth-order valence-electron chi connectivity index (χ4n) is 3.67. The first-order chi connectivity index (χ1) is 14.0. The first-order valence-corrected chi connectivity index (χ1v) is 11.2. The summed E-state index contributed by atoms with van der Waals surface area (Å²) < 4.78 is 35.4. The van der Waals surface area contributed by atoms with E-state index in [4.69, 9.17) is 9.15 Å². The van der Waals surface area contributed by atoms with Gasteiger partial charge in [-0.05, 0) is 59.7 Å². The molecule has 0 fully saturated rings. The maximum atomic E-state index is 11.8. The zero-order chi connectivity index (χ0) is 20.0. The molecule has 0 saturated heterocycles. The highest BCUT2D eigenvalue weighted by Crippen LogP contribution is 2.39. The van der Waals surface area contributed by atoms with E-state index in [-0.39, 0.29) is 0 Å². The number of furan rings is 1. The standard InChI is InChI=1S/C24H18O4S/c1-29(25,26)20-9-6-16(7-10-20)24-21(15-18-4-2-3-5-23(18)28-24)17-8-11-22-19(14-17)12-13-27-22/h2-14H,15H2,1H3. The molecule has 1 aliphatic heterocycles. The summed E-state index contributed by atoms with van der Waals surface area (Å²) in [5.74, 6) is 1.56. The fraction of sp³-hybridized carbons (Fsp3) is 0.0833. The normalized spacial score (nSPS) is 14.0. The Kier molecular flexibility index (Phi) is 4.07. The van der Waals surface area contributed by atoms with Gasteiger partial charge in [-0.3, -0.25) is 0 Å². The monoisotopic (exact) mass is 402 g/mol. The zero-order valence-corrected chi connectivity index (χ0v) is 16.6. The summed E-state index contributed by atoms with van der Waals surface area (Å²) in [7, 11) is -3.25. The maximum absolute atomic E-state index is 11.8. The van der Waals surface area contributed by atoms with Crippen molar-refractivity contribution in [3.63, 3.8) is 0 Å². The van der Waals surface area contributed by atoms with E-state index >= 15 is 0 Å². The second-order valence-electron chi connectivity index (χ2n) is 7.16. The highest BCUT2D eigenvalue weighted by molar-refractivity contribution is 7.90. The van der Waals surface area contributed by atoms with Crippen molar-refractivity contribution in [2.75, 3.05) is 6.26 Å². The summed E-state index contributed by atoms with van der Waals surface area (Å²) in [6.45, 7) is 0. The molecule has 4 nitrogen and oxygen atoms in total. The van der Waals surface area contributed by atoms with Gasteiger partial charge in [0.1, 0.15) is 17.1 Å². The van der Waals surface area contributed by atoms with Crippen molar-refractivity contribution >= 4 is 32.1 Å². The smallest absolute Gasteiger partial charge is 0.175 e. The van der Waals surface area contributed by atoms with Gasteiger partial charge < -0.3 is 9.15 Å². The minimum Gasteiger partial charge on any atom is -0.464 e. The summed E-state index contributed by atoms with van der Waals surface area (Å²) in [4.78, 5) is 0.291. The molecule has 3 aromatic carbocycles. The van der Waals surface area contributed by atoms with Gasteiger partial charge in [0, 0.05) is 29.2 Å². The fourth-order valence-corrected chi connectivity index (χ4v) is 4.30. The van der Waals surface area contributed by atoms with Crippen molar-refractivity contribution < 1.29 is 17.6 Å². The topological polar surface area (TPSA) is 56.5 Å². The van der Waals surface area contributed by atoms with Crippen LogP contribution in [-0.2, 0) is 16.3 Å². The van der Waals surface area contributed by atoms with E-state index in [1.165, 1.54) is 6.26 Å². The second kappa shape index (κ2) is 6.64. The molecule has 1 aliphatic rings. The largest absolute Gasteiger partial charge is 0.464 e. The van der Waals surface area contributed by atoms with Crippen molar-refractivity contribution in [2.24, 2.45) is 0 Å². The SMILES string of the molecule is CS(=O)(=O)c1ccc(C2=C(c3ccc4occc4c3)Cc3ccccc3O2)cc1. The summed E-state index contributed by atoms with van der Waals surface area (Å²) in [5, 5.41) is 1.03. The van der Waals surface area contributed by atoms with E-state index in [0.29, 0.717) is 4.90 Å². The van der Waals surface area contributed by atoms with Crippen molar-refractivity contribution in [3.05, 3.63) is 95.7 Å². The summed E-state index contributed by atoms with van der Waals surface area (Å²) in [6.07, 6.45) is 3.61. The van der Waals surface area contributed by atoms with Crippen LogP contribution in [-0.4, -0.2) is 14.7 Å². The lowest BCUT2D eigenvalue weighted by atomic mass is 9.91. The Balaban J connectivity index is 1.68. The van der Waals surface area contributed by atoms with Gasteiger partial charge in [0.2, 0.25) is 0 Å². The first-order valence-electron chi connectivity index (χ1n) is 9.26. The number of para-hydroxylation sites is 1. The van der Waals surface area contributed by atoms with Crippen molar-refractivity contribution in [1.29, 1.82) is 0 Å². The van der Waals surface area contributed by atoms with Gasteiger partial charge in [-0.25, -0.2) is 8.42 Å². The van der Waals surface area contributed by atoms with Gasteiger partial charge in [0.25, 0.3) is 0 Å². The number of hydrogen-bond donors (Lipinski definition) is 0. The van der Waals surface area contributed by atoms with E-state index in [1.54, 1.807) is 30.5 Å². The Morgan fingerprint density at radius 1 is 0.862 bits per heavy atom. The molecule has 0 bridgehead atoms. The van der Waals surface area contributed by atoms with Gasteiger partial charge in [0.05, 0.1) is 11.2 Å². The van der Waals surface area contributed by atoms with Crippen LogP contribution in [0.15, 0.2) is 88.4 Å². The number of benzene rings is 3. The van der Waals surface area contributed by atoms with Crippen molar-refractivity contribution in [3.8, 4) is 5.75 Å². The number of fused-ring (bicyclic) bond motifs is 2. The van der Waals surface area contributed by atoms with Gasteiger partial charge in [-0.15, -0.1) is 0 Å². The third kappa shape index (κ3) is 3.23. The number of sulfone groups is 1. The van der Waals surface area contributed by atoms with Crippen molar-refractivity contribution in [2.45, 2.75) is 11.3 Å². The second-order valence-corrected chi connectivity index (χ2v) is 9.18. The van der Waals surface area contributed by atoms with Crippen LogP contribution >= 0.6 is 0 Å². The highest BCUT2D eigenvalue weighted by atomic mass is 32.2. The lowest BCUT2D eigenvalue weighted by Gasteiger charge is -2.24. The van der Waals surface area contributed by atoms with Crippen LogP contribution in [0, 0.1) is 0 Å². The molecule has 0 radical (unpaired) electrons. The third-order valence-electron chi connectivity index (χ3n) is 5.17. The molecule has 5 rings (SSSR count). The molecule has 0 saturated carbocycles. The maximum Gasteiger partial charge on any atom is 0.175 e. The van der Waals surface area contributed by atoms with Gasteiger partial charge in [0.15, 0.2) is 9.84 Å². The Hall–Kier alpha value is -3.31. The average molecular weight is 402 g/mol.